The van der Waals surface area contributed by atoms with Gasteiger partial charge in [-0.2, -0.15) is 0 Å². The summed E-state index contributed by atoms with van der Waals surface area (Å²) in [7, 11) is 0. The van der Waals surface area contributed by atoms with Gasteiger partial charge in [-0.3, -0.25) is 0 Å². The van der Waals surface area contributed by atoms with Crippen LogP contribution in [0.4, 0.5) is 8.78 Å². The Bertz CT molecular complexity index is 403. The standard InChI is InChI=1S/C14H18ClF2N/c15-9-14(5-1-2-6-14)10-18-8-11-3-4-12(16)7-13(11)17/h3-4,7,18H,1-2,5-6,8-10H2. The van der Waals surface area contributed by atoms with E-state index < -0.39 is 11.6 Å². The second kappa shape index (κ2) is 5.98. The molecule has 0 aliphatic heterocycles. The van der Waals surface area contributed by atoms with E-state index in [2.05, 4.69) is 5.32 Å². The Hall–Kier alpha value is -0.670. The molecule has 1 saturated carbocycles. The zero-order valence-corrected chi connectivity index (χ0v) is 11.1. The van der Waals surface area contributed by atoms with Crippen LogP contribution in [0.5, 0.6) is 0 Å². The normalized spacial score (nSPS) is 18.2. The molecule has 0 radical (unpaired) electrons. The molecule has 1 aromatic rings. The summed E-state index contributed by atoms with van der Waals surface area (Å²) in [6.45, 7) is 1.22. The lowest BCUT2D eigenvalue weighted by Crippen LogP contribution is -2.33. The smallest absolute Gasteiger partial charge is 0.130 e. The van der Waals surface area contributed by atoms with Gasteiger partial charge in [0.05, 0.1) is 0 Å². The van der Waals surface area contributed by atoms with E-state index in [1.54, 1.807) is 0 Å². The Balaban J connectivity index is 1.88. The van der Waals surface area contributed by atoms with Crippen LogP contribution in [-0.4, -0.2) is 12.4 Å². The van der Waals surface area contributed by atoms with Crippen LogP contribution >= 0.6 is 11.6 Å². The number of hydrogen-bond acceptors (Lipinski definition) is 1. The summed E-state index contributed by atoms with van der Waals surface area (Å²) in [5.74, 6) is -0.385. The monoisotopic (exact) mass is 273 g/mol. The van der Waals surface area contributed by atoms with Gasteiger partial charge in [-0.25, -0.2) is 8.78 Å². The molecule has 0 atom stereocenters. The number of rotatable bonds is 5. The second-order valence-electron chi connectivity index (χ2n) is 5.18. The van der Waals surface area contributed by atoms with Gasteiger partial charge in [0.25, 0.3) is 0 Å². The van der Waals surface area contributed by atoms with Crippen LogP contribution in [0.2, 0.25) is 0 Å². The van der Waals surface area contributed by atoms with Crippen molar-refractivity contribution in [3.05, 3.63) is 35.4 Å². The highest BCUT2D eigenvalue weighted by atomic mass is 35.5. The molecule has 0 bridgehead atoms. The lowest BCUT2D eigenvalue weighted by molar-refractivity contribution is 0.319. The molecule has 0 amide bonds. The summed E-state index contributed by atoms with van der Waals surface area (Å²) in [5, 5.41) is 3.25. The highest BCUT2D eigenvalue weighted by Crippen LogP contribution is 2.38. The van der Waals surface area contributed by atoms with E-state index in [4.69, 9.17) is 11.6 Å². The quantitative estimate of drug-likeness (QED) is 0.804. The van der Waals surface area contributed by atoms with Gasteiger partial charge in [0, 0.05) is 30.6 Å². The molecule has 4 heteroatoms. The molecular weight excluding hydrogens is 256 g/mol. The molecule has 0 spiro atoms. The van der Waals surface area contributed by atoms with Crippen LogP contribution in [0.15, 0.2) is 18.2 Å². The van der Waals surface area contributed by atoms with Crippen molar-refractivity contribution in [1.82, 2.24) is 5.32 Å². The fourth-order valence-corrected chi connectivity index (χ4v) is 2.97. The summed E-state index contributed by atoms with van der Waals surface area (Å²) in [6.07, 6.45) is 4.71. The zero-order chi connectivity index (χ0) is 13.0. The highest BCUT2D eigenvalue weighted by Gasteiger charge is 2.32. The first-order valence-corrected chi connectivity index (χ1v) is 6.89. The van der Waals surface area contributed by atoms with Gasteiger partial charge in [0.1, 0.15) is 11.6 Å². The van der Waals surface area contributed by atoms with Crippen molar-refractivity contribution in [2.75, 3.05) is 12.4 Å². The predicted molar refractivity (Wildman–Crippen MR) is 69.7 cm³/mol. The van der Waals surface area contributed by atoms with Gasteiger partial charge >= 0.3 is 0 Å². The van der Waals surface area contributed by atoms with Crippen molar-refractivity contribution in [2.45, 2.75) is 32.2 Å². The maximum Gasteiger partial charge on any atom is 0.130 e. The number of nitrogens with one attached hydrogen (secondary N) is 1. The lowest BCUT2D eigenvalue weighted by Gasteiger charge is -2.26. The lowest BCUT2D eigenvalue weighted by atomic mass is 9.88. The van der Waals surface area contributed by atoms with Crippen molar-refractivity contribution in [1.29, 1.82) is 0 Å². The van der Waals surface area contributed by atoms with Crippen molar-refractivity contribution in [2.24, 2.45) is 5.41 Å². The predicted octanol–water partition coefficient (Wildman–Crippen LogP) is 3.85. The van der Waals surface area contributed by atoms with Crippen molar-refractivity contribution in [3.63, 3.8) is 0 Å². The summed E-state index contributed by atoms with van der Waals surface area (Å²) >= 11 is 6.03. The SMILES string of the molecule is Fc1ccc(CNCC2(CCl)CCCC2)c(F)c1. The number of benzene rings is 1. The first-order chi connectivity index (χ1) is 8.65. The molecule has 1 aromatic carbocycles. The van der Waals surface area contributed by atoms with E-state index in [0.717, 1.165) is 25.5 Å². The fourth-order valence-electron chi connectivity index (χ4n) is 2.61. The first kappa shape index (κ1) is 13.8. The van der Waals surface area contributed by atoms with Gasteiger partial charge in [-0.1, -0.05) is 18.9 Å². The van der Waals surface area contributed by atoms with Crippen LogP contribution in [0.25, 0.3) is 0 Å². The van der Waals surface area contributed by atoms with E-state index in [1.165, 1.54) is 25.0 Å². The summed E-state index contributed by atoms with van der Waals surface area (Å²) < 4.78 is 26.2. The topological polar surface area (TPSA) is 12.0 Å². The van der Waals surface area contributed by atoms with Crippen LogP contribution < -0.4 is 5.32 Å². The number of alkyl halides is 1. The van der Waals surface area contributed by atoms with Crippen LogP contribution in [0, 0.1) is 17.0 Å². The average molecular weight is 274 g/mol. The maximum atomic E-state index is 13.4. The van der Waals surface area contributed by atoms with Crippen molar-refractivity contribution < 1.29 is 8.78 Å². The second-order valence-corrected chi connectivity index (χ2v) is 5.45. The highest BCUT2D eigenvalue weighted by molar-refractivity contribution is 6.18. The molecule has 1 aliphatic carbocycles. The number of hydrogen-bond donors (Lipinski definition) is 1. The molecule has 1 aliphatic rings. The summed E-state index contributed by atoms with van der Waals surface area (Å²) in [4.78, 5) is 0. The van der Waals surface area contributed by atoms with Crippen LogP contribution in [0.1, 0.15) is 31.2 Å². The van der Waals surface area contributed by atoms with Gasteiger partial charge in [0.15, 0.2) is 0 Å². The summed E-state index contributed by atoms with van der Waals surface area (Å²) in [6, 6.07) is 3.69. The zero-order valence-electron chi connectivity index (χ0n) is 10.3. The third kappa shape index (κ3) is 3.21. The molecule has 0 unspecified atom stereocenters. The van der Waals surface area contributed by atoms with Crippen molar-refractivity contribution >= 4 is 11.6 Å². The van der Waals surface area contributed by atoms with E-state index in [1.807, 2.05) is 0 Å². The minimum absolute atomic E-state index is 0.165. The molecule has 1 nitrogen and oxygen atoms in total. The number of halogens is 3. The molecule has 1 N–H and O–H groups in total. The Morgan fingerprint density at radius 3 is 2.56 bits per heavy atom. The molecule has 0 heterocycles. The van der Waals surface area contributed by atoms with E-state index in [-0.39, 0.29) is 5.41 Å². The van der Waals surface area contributed by atoms with Crippen LogP contribution in [-0.2, 0) is 6.54 Å². The average Bonchev–Trinajstić information content (AvgIpc) is 2.81. The van der Waals surface area contributed by atoms with Crippen LogP contribution in [0.3, 0.4) is 0 Å². The van der Waals surface area contributed by atoms with E-state index in [9.17, 15) is 8.78 Å². The Morgan fingerprint density at radius 2 is 1.94 bits per heavy atom. The minimum atomic E-state index is -0.538. The van der Waals surface area contributed by atoms with Gasteiger partial charge in [0.2, 0.25) is 0 Å². The Labute approximate surface area is 112 Å². The third-order valence-electron chi connectivity index (χ3n) is 3.78. The van der Waals surface area contributed by atoms with Crippen molar-refractivity contribution in [3.8, 4) is 0 Å². The Morgan fingerprint density at radius 1 is 1.22 bits per heavy atom. The molecule has 0 saturated heterocycles. The molecular formula is C14H18ClF2N. The molecule has 100 valence electrons. The molecule has 0 aromatic heterocycles. The fraction of sp³-hybridized carbons (Fsp3) is 0.571. The Kier molecular flexibility index (Phi) is 4.57. The molecule has 18 heavy (non-hydrogen) atoms. The maximum absolute atomic E-state index is 13.4. The van der Waals surface area contributed by atoms with Gasteiger partial charge in [-0.15, -0.1) is 11.6 Å². The minimum Gasteiger partial charge on any atom is -0.312 e. The van der Waals surface area contributed by atoms with E-state index in [0.29, 0.717) is 18.0 Å². The largest absolute Gasteiger partial charge is 0.312 e. The summed E-state index contributed by atoms with van der Waals surface area (Å²) in [5.41, 5.74) is 0.664. The third-order valence-corrected chi connectivity index (χ3v) is 4.35. The van der Waals surface area contributed by atoms with Gasteiger partial charge < -0.3 is 5.32 Å². The first-order valence-electron chi connectivity index (χ1n) is 6.36. The van der Waals surface area contributed by atoms with Gasteiger partial charge in [-0.05, 0) is 24.3 Å². The molecule has 2 rings (SSSR count). The van der Waals surface area contributed by atoms with E-state index >= 15 is 0 Å². The molecule has 1 fully saturated rings.